The smallest absolute Gasteiger partial charge is 0.249 e. The molecule has 0 bridgehead atoms. The summed E-state index contributed by atoms with van der Waals surface area (Å²) in [6.07, 6.45) is 6.94. The van der Waals surface area contributed by atoms with Gasteiger partial charge in [0.25, 0.3) is 0 Å². The van der Waals surface area contributed by atoms with Crippen LogP contribution in [-0.4, -0.2) is 54.7 Å². The van der Waals surface area contributed by atoms with E-state index < -0.39 is 34.6 Å². The molecule has 0 radical (unpaired) electrons. The van der Waals surface area contributed by atoms with Gasteiger partial charge in [0, 0.05) is 35.3 Å². The van der Waals surface area contributed by atoms with Crippen LogP contribution < -0.4 is 10.1 Å². The molecule has 2 aromatic heterocycles. The van der Waals surface area contributed by atoms with E-state index in [-0.39, 0.29) is 51.1 Å². The second kappa shape index (κ2) is 10.5. The highest BCUT2D eigenvalue weighted by atomic mass is 32.2. The number of aromatic hydroxyl groups is 2. The third-order valence-corrected chi connectivity index (χ3v) is 8.08. The van der Waals surface area contributed by atoms with Gasteiger partial charge in [-0.3, -0.25) is 19.4 Å². The number of carbonyl (C=O) groups excluding carboxylic acids is 3. The van der Waals surface area contributed by atoms with Crippen LogP contribution in [0.4, 0.5) is 0 Å². The Labute approximate surface area is 239 Å². The van der Waals surface area contributed by atoms with Crippen molar-refractivity contribution in [2.75, 3.05) is 12.0 Å². The fraction of sp³-hybridized carbons (Fsp3) is 0.310. The first-order valence-electron chi connectivity index (χ1n) is 12.8. The fourth-order valence-electron chi connectivity index (χ4n) is 5.18. The molecule has 3 N–H and O–H groups in total. The van der Waals surface area contributed by atoms with Crippen LogP contribution in [-0.2, 0) is 15.0 Å². The largest absolute Gasteiger partial charge is 0.507 e. The summed E-state index contributed by atoms with van der Waals surface area (Å²) in [5.74, 6) is -1.33. The summed E-state index contributed by atoms with van der Waals surface area (Å²) < 4.78 is 11.4. The Balaban J connectivity index is 1.56. The molecule has 0 unspecified atom stereocenters. The van der Waals surface area contributed by atoms with Crippen molar-refractivity contribution < 1.29 is 33.9 Å². The molecule has 2 atom stereocenters. The Morgan fingerprint density at radius 2 is 1.88 bits per heavy atom. The van der Waals surface area contributed by atoms with Crippen LogP contribution in [0.3, 0.4) is 0 Å². The first kappa shape index (κ1) is 28.1. The van der Waals surface area contributed by atoms with E-state index in [4.69, 9.17) is 9.26 Å². The van der Waals surface area contributed by atoms with Crippen LogP contribution >= 0.6 is 11.8 Å². The summed E-state index contributed by atoms with van der Waals surface area (Å²) in [5, 5.41) is 28.9. The number of Topliss-reactive ketones (excluding diaryl/α,β-unsaturated/α-hetero) is 2. The van der Waals surface area contributed by atoms with Crippen LogP contribution in [0.1, 0.15) is 60.6 Å². The molecule has 41 heavy (non-hydrogen) atoms. The van der Waals surface area contributed by atoms with Gasteiger partial charge < -0.3 is 24.8 Å². The zero-order valence-electron chi connectivity index (χ0n) is 23.1. The quantitative estimate of drug-likeness (QED) is 0.200. The number of hydrogen-bond acceptors (Lipinski definition) is 12. The maximum absolute atomic E-state index is 14.1. The highest BCUT2D eigenvalue weighted by Crippen LogP contribution is 2.57. The van der Waals surface area contributed by atoms with Gasteiger partial charge in [-0.2, -0.15) is 16.7 Å². The van der Waals surface area contributed by atoms with Gasteiger partial charge >= 0.3 is 0 Å². The number of ether oxygens (including phenoxy) is 1. The van der Waals surface area contributed by atoms with E-state index in [0.717, 1.165) is 11.3 Å². The van der Waals surface area contributed by atoms with Crippen LogP contribution in [0.2, 0.25) is 0 Å². The molecule has 212 valence electrons. The average molecular weight is 577 g/mol. The van der Waals surface area contributed by atoms with Gasteiger partial charge in [-0.1, -0.05) is 5.16 Å². The molecule has 0 saturated heterocycles. The lowest BCUT2D eigenvalue weighted by atomic mass is 9.70. The molecule has 1 aromatic carbocycles. The van der Waals surface area contributed by atoms with Crippen molar-refractivity contribution in [1.29, 1.82) is 0 Å². The Bertz CT molecular complexity index is 1660. The van der Waals surface area contributed by atoms with Crippen molar-refractivity contribution in [3.05, 3.63) is 70.2 Å². The zero-order chi connectivity index (χ0) is 29.6. The maximum atomic E-state index is 14.1. The molecule has 2 aliphatic rings. The predicted octanol–water partition coefficient (Wildman–Crippen LogP) is 4.10. The molecule has 0 saturated carbocycles. The van der Waals surface area contributed by atoms with E-state index in [0.29, 0.717) is 12.2 Å². The molecule has 1 aliphatic carbocycles. The minimum atomic E-state index is -1.61. The summed E-state index contributed by atoms with van der Waals surface area (Å²) in [6.45, 7) is 5.81. The van der Waals surface area contributed by atoms with E-state index in [1.807, 2.05) is 6.26 Å². The lowest BCUT2D eigenvalue weighted by Crippen LogP contribution is -2.41. The van der Waals surface area contributed by atoms with Crippen molar-refractivity contribution in [2.45, 2.75) is 45.6 Å². The number of thioether (sulfide) groups is 1. The summed E-state index contributed by atoms with van der Waals surface area (Å²) in [7, 11) is 0. The van der Waals surface area contributed by atoms with Gasteiger partial charge in [-0.05, 0) is 58.3 Å². The van der Waals surface area contributed by atoms with Crippen LogP contribution in [0.15, 0.2) is 52.2 Å². The number of allylic oxidation sites excluding steroid dienone is 4. The monoisotopic (exact) mass is 576 g/mol. The lowest BCUT2D eigenvalue weighted by molar-refractivity contribution is -0.123. The number of carbonyl (C=O) groups is 3. The van der Waals surface area contributed by atoms with Crippen LogP contribution in [0, 0.1) is 6.92 Å². The number of fused-ring (bicyclic) bond motifs is 3. The Morgan fingerprint density at radius 1 is 1.17 bits per heavy atom. The minimum absolute atomic E-state index is 0.0281. The summed E-state index contributed by atoms with van der Waals surface area (Å²) in [5.41, 5.74) is -0.837. The fourth-order valence-corrected chi connectivity index (χ4v) is 5.66. The molecule has 3 heterocycles. The minimum Gasteiger partial charge on any atom is -0.507 e. The molecular weight excluding hydrogens is 548 g/mol. The third-order valence-electron chi connectivity index (χ3n) is 7.44. The Morgan fingerprint density at radius 3 is 2.54 bits per heavy atom. The number of ketones is 3. The molecule has 0 amide bonds. The second-order valence-electron chi connectivity index (χ2n) is 10.1. The molecule has 0 spiro atoms. The van der Waals surface area contributed by atoms with Gasteiger partial charge in [0.05, 0.1) is 11.1 Å². The molecule has 11 nitrogen and oxygen atoms in total. The summed E-state index contributed by atoms with van der Waals surface area (Å²) in [4.78, 5) is 48.4. The molecule has 3 aromatic rings. The number of nitrogens with one attached hydrogen (secondary N) is 1. The normalized spacial score (nSPS) is 19.7. The number of pyridine rings is 1. The van der Waals surface area contributed by atoms with Gasteiger partial charge in [0.2, 0.25) is 11.7 Å². The summed E-state index contributed by atoms with van der Waals surface area (Å²) in [6, 6.07) is 3.00. The first-order valence-corrected chi connectivity index (χ1v) is 14.2. The SMILES string of the molecule is CSCC[C@H](N/C(C)=C1\C(=O)C=C2Oc3c(C(C)=O)c(O)c(C)c(O)c3[C@@]2(C)C1=O)c1nc(-c2ccncc2)no1. The first-order chi connectivity index (χ1) is 19.5. The van der Waals surface area contributed by atoms with E-state index in [2.05, 4.69) is 20.4 Å². The second-order valence-corrected chi connectivity index (χ2v) is 11.0. The number of benzene rings is 1. The number of rotatable bonds is 8. The van der Waals surface area contributed by atoms with Crippen molar-refractivity contribution in [3.63, 3.8) is 0 Å². The van der Waals surface area contributed by atoms with Crippen LogP contribution in [0.25, 0.3) is 11.4 Å². The number of hydrogen-bond donors (Lipinski definition) is 3. The topological polar surface area (TPSA) is 165 Å². The van der Waals surface area contributed by atoms with Crippen LogP contribution in [0.5, 0.6) is 17.2 Å². The summed E-state index contributed by atoms with van der Waals surface area (Å²) >= 11 is 1.61. The highest BCUT2D eigenvalue weighted by Gasteiger charge is 2.56. The number of nitrogens with zero attached hydrogens (tertiary/aromatic N) is 3. The van der Waals surface area contributed by atoms with E-state index in [1.54, 1.807) is 43.2 Å². The molecule has 0 fully saturated rings. The van der Waals surface area contributed by atoms with Crippen molar-refractivity contribution >= 4 is 29.1 Å². The van der Waals surface area contributed by atoms with Gasteiger partial charge in [-0.25, -0.2) is 0 Å². The van der Waals surface area contributed by atoms with Crippen molar-refractivity contribution in [2.24, 2.45) is 0 Å². The standard InChI is InChI=1S/C29H28N4O7S/c1-13-23(36)21(15(3)34)25-22(24(13)37)29(4)19(39-25)12-18(35)20(26(29)38)14(2)31-17(8-11-41-5)28-32-27(33-40-28)16-6-9-30-10-7-16/h6-7,9-10,12,17,31,36-37H,8,11H2,1-5H3/b20-14+/t17-,29-/m0/s1. The average Bonchev–Trinajstić information content (AvgIpc) is 3.54. The number of phenolic OH excluding ortho intramolecular Hbond substituents is 2. The van der Waals surface area contributed by atoms with Gasteiger partial charge in [0.15, 0.2) is 17.3 Å². The zero-order valence-corrected chi connectivity index (χ0v) is 23.9. The number of aromatic nitrogens is 3. The van der Waals surface area contributed by atoms with E-state index in [1.165, 1.54) is 26.8 Å². The lowest BCUT2D eigenvalue weighted by Gasteiger charge is -2.29. The third kappa shape index (κ3) is 4.48. The Kier molecular flexibility index (Phi) is 7.20. The maximum Gasteiger partial charge on any atom is 0.249 e. The molecular formula is C29H28N4O7S. The van der Waals surface area contributed by atoms with E-state index in [9.17, 15) is 24.6 Å². The van der Waals surface area contributed by atoms with Crippen molar-refractivity contribution in [3.8, 4) is 28.6 Å². The van der Waals surface area contributed by atoms with Gasteiger partial charge in [0.1, 0.15) is 40.0 Å². The highest BCUT2D eigenvalue weighted by molar-refractivity contribution is 7.98. The van der Waals surface area contributed by atoms with E-state index >= 15 is 0 Å². The van der Waals surface area contributed by atoms with Gasteiger partial charge in [-0.15, -0.1) is 0 Å². The molecule has 1 aliphatic heterocycles. The predicted molar refractivity (Wildman–Crippen MR) is 150 cm³/mol. The molecule has 12 heteroatoms. The molecule has 5 rings (SSSR count). The number of phenols is 2. The Hall–Kier alpha value is -4.45. The van der Waals surface area contributed by atoms with Crippen molar-refractivity contribution in [1.82, 2.24) is 20.4 Å².